The first-order valence-corrected chi connectivity index (χ1v) is 7.42. The van der Waals surface area contributed by atoms with Crippen LogP contribution in [-0.2, 0) is 4.79 Å². The molecule has 0 N–H and O–H groups in total. The van der Waals surface area contributed by atoms with Crippen molar-refractivity contribution in [3.05, 3.63) is 29.8 Å². The van der Waals surface area contributed by atoms with Gasteiger partial charge in [0.05, 0.1) is 0 Å². The van der Waals surface area contributed by atoms with E-state index in [1.165, 1.54) is 24.8 Å². The van der Waals surface area contributed by atoms with E-state index in [4.69, 9.17) is 4.74 Å². The molecule has 0 aromatic heterocycles. The number of ether oxygens (including phenoxy) is 1. The van der Waals surface area contributed by atoms with E-state index in [0.29, 0.717) is 5.92 Å². The fourth-order valence-corrected chi connectivity index (χ4v) is 2.65. The van der Waals surface area contributed by atoms with E-state index < -0.39 is 0 Å². The lowest BCUT2D eigenvalue weighted by atomic mass is 9.86. The summed E-state index contributed by atoms with van der Waals surface area (Å²) in [6, 6.07) is 8.07. The fourth-order valence-electron chi connectivity index (χ4n) is 2.65. The molecule has 19 heavy (non-hydrogen) atoms. The lowest BCUT2D eigenvalue weighted by molar-refractivity contribution is -0.125. The Morgan fingerprint density at radius 1 is 1.16 bits per heavy atom. The second kappa shape index (κ2) is 6.74. The van der Waals surface area contributed by atoms with Crippen molar-refractivity contribution in [1.82, 2.24) is 0 Å². The molecule has 104 valence electrons. The molecule has 0 unspecified atom stereocenters. The smallest absolute Gasteiger partial charge is 0.173 e. The highest BCUT2D eigenvalue weighted by Crippen LogP contribution is 2.25. The first-order chi connectivity index (χ1) is 9.16. The zero-order valence-electron chi connectivity index (χ0n) is 12.0. The summed E-state index contributed by atoms with van der Waals surface area (Å²) in [4.78, 5) is 12.0. The van der Waals surface area contributed by atoms with Gasteiger partial charge in [0.15, 0.2) is 5.78 Å². The minimum absolute atomic E-state index is 0.228. The van der Waals surface area contributed by atoms with E-state index in [1.54, 1.807) is 0 Å². The summed E-state index contributed by atoms with van der Waals surface area (Å²) in [5, 5.41) is 0. The van der Waals surface area contributed by atoms with Gasteiger partial charge in [-0.25, -0.2) is 0 Å². The van der Waals surface area contributed by atoms with E-state index in [-0.39, 0.29) is 18.3 Å². The van der Waals surface area contributed by atoms with Crippen molar-refractivity contribution < 1.29 is 9.53 Å². The van der Waals surface area contributed by atoms with Crippen molar-refractivity contribution in [2.75, 3.05) is 6.61 Å². The van der Waals surface area contributed by atoms with Gasteiger partial charge in [-0.05, 0) is 36.5 Å². The second-order valence-corrected chi connectivity index (χ2v) is 5.81. The molecular weight excluding hydrogens is 236 g/mol. The number of ketones is 1. The van der Waals surface area contributed by atoms with Gasteiger partial charge in [0.1, 0.15) is 12.4 Å². The zero-order valence-corrected chi connectivity index (χ0v) is 12.0. The lowest BCUT2D eigenvalue weighted by Crippen LogP contribution is -2.23. The van der Waals surface area contributed by atoms with Gasteiger partial charge in [-0.1, -0.05) is 45.2 Å². The first-order valence-electron chi connectivity index (χ1n) is 7.42. The third kappa shape index (κ3) is 4.09. The van der Waals surface area contributed by atoms with Crippen LogP contribution in [0.2, 0.25) is 0 Å². The molecule has 0 bridgehead atoms. The van der Waals surface area contributed by atoms with Crippen molar-refractivity contribution >= 4 is 5.78 Å². The number of hydrogen-bond donors (Lipinski definition) is 0. The molecule has 1 saturated carbocycles. The maximum absolute atomic E-state index is 12.0. The summed E-state index contributed by atoms with van der Waals surface area (Å²) in [6.07, 6.45) is 5.77. The average molecular weight is 260 g/mol. The Balaban J connectivity index is 1.82. The Bertz CT molecular complexity index is 400. The van der Waals surface area contributed by atoms with E-state index in [2.05, 4.69) is 26.0 Å². The third-order valence-electron chi connectivity index (χ3n) is 3.99. The van der Waals surface area contributed by atoms with Gasteiger partial charge in [0.2, 0.25) is 0 Å². The van der Waals surface area contributed by atoms with Crippen LogP contribution in [0.5, 0.6) is 5.75 Å². The molecule has 2 heteroatoms. The molecule has 2 nitrogen and oxygen atoms in total. The standard InChI is InChI=1S/C17H24O2/c1-13(2)14-8-10-16(11-9-14)19-12-17(18)15-6-4-3-5-7-15/h8-11,13,15H,3-7,12H2,1-2H3. The van der Waals surface area contributed by atoms with Crippen LogP contribution < -0.4 is 4.74 Å². The van der Waals surface area contributed by atoms with Gasteiger partial charge in [0, 0.05) is 5.92 Å². The van der Waals surface area contributed by atoms with Gasteiger partial charge in [-0.3, -0.25) is 4.79 Å². The summed E-state index contributed by atoms with van der Waals surface area (Å²) in [5.41, 5.74) is 1.30. The lowest BCUT2D eigenvalue weighted by Gasteiger charge is -2.20. The molecule has 1 aromatic rings. The van der Waals surface area contributed by atoms with E-state index in [0.717, 1.165) is 18.6 Å². The summed E-state index contributed by atoms with van der Waals surface area (Å²) in [6.45, 7) is 4.57. The maximum atomic E-state index is 12.0. The average Bonchev–Trinajstić information content (AvgIpc) is 2.46. The van der Waals surface area contributed by atoms with Gasteiger partial charge in [-0.15, -0.1) is 0 Å². The Morgan fingerprint density at radius 3 is 2.37 bits per heavy atom. The third-order valence-corrected chi connectivity index (χ3v) is 3.99. The van der Waals surface area contributed by atoms with E-state index >= 15 is 0 Å². The highest BCUT2D eigenvalue weighted by molar-refractivity contribution is 5.82. The highest BCUT2D eigenvalue weighted by Gasteiger charge is 2.21. The van der Waals surface area contributed by atoms with E-state index in [1.807, 2.05) is 12.1 Å². The van der Waals surface area contributed by atoms with Crippen molar-refractivity contribution in [2.45, 2.75) is 51.9 Å². The largest absolute Gasteiger partial charge is 0.486 e. The zero-order chi connectivity index (χ0) is 13.7. The van der Waals surface area contributed by atoms with Crippen LogP contribution in [0, 0.1) is 5.92 Å². The fraction of sp³-hybridized carbons (Fsp3) is 0.588. The summed E-state index contributed by atoms with van der Waals surface area (Å²) in [7, 11) is 0. The molecule has 0 saturated heterocycles. The van der Waals surface area contributed by atoms with Crippen molar-refractivity contribution in [3.63, 3.8) is 0 Å². The number of carbonyl (C=O) groups is 1. The van der Waals surface area contributed by atoms with Crippen LogP contribution in [0.3, 0.4) is 0 Å². The molecule has 0 atom stereocenters. The molecule has 1 aliphatic rings. The van der Waals surface area contributed by atoms with Crippen molar-refractivity contribution in [1.29, 1.82) is 0 Å². The molecule has 1 aliphatic carbocycles. The molecular formula is C17H24O2. The van der Waals surface area contributed by atoms with Crippen LogP contribution in [-0.4, -0.2) is 12.4 Å². The summed E-state index contributed by atoms with van der Waals surface area (Å²) in [5.74, 6) is 1.84. The maximum Gasteiger partial charge on any atom is 0.173 e. The molecule has 0 heterocycles. The Hall–Kier alpha value is -1.31. The minimum atomic E-state index is 0.228. The first kappa shape index (κ1) is 14.1. The van der Waals surface area contributed by atoms with Gasteiger partial charge >= 0.3 is 0 Å². The van der Waals surface area contributed by atoms with Crippen molar-refractivity contribution in [3.8, 4) is 5.75 Å². The van der Waals surface area contributed by atoms with Crippen molar-refractivity contribution in [2.24, 2.45) is 5.92 Å². The molecule has 0 amide bonds. The van der Waals surface area contributed by atoms with E-state index in [9.17, 15) is 4.79 Å². The second-order valence-electron chi connectivity index (χ2n) is 5.81. The number of benzene rings is 1. The summed E-state index contributed by atoms with van der Waals surface area (Å²) < 4.78 is 5.61. The van der Waals surface area contributed by atoms with Crippen LogP contribution in [0.15, 0.2) is 24.3 Å². The number of carbonyl (C=O) groups excluding carboxylic acids is 1. The topological polar surface area (TPSA) is 26.3 Å². The van der Waals surface area contributed by atoms with Gasteiger partial charge in [0.25, 0.3) is 0 Å². The Kier molecular flexibility index (Phi) is 5.00. The Labute approximate surface area is 116 Å². The summed E-state index contributed by atoms with van der Waals surface area (Å²) >= 11 is 0. The molecule has 1 fully saturated rings. The van der Waals surface area contributed by atoms with Gasteiger partial charge in [-0.2, -0.15) is 0 Å². The van der Waals surface area contributed by atoms with Gasteiger partial charge < -0.3 is 4.74 Å². The molecule has 0 aliphatic heterocycles. The predicted molar refractivity (Wildman–Crippen MR) is 77.6 cm³/mol. The van der Waals surface area contributed by atoms with Crippen LogP contribution in [0.25, 0.3) is 0 Å². The molecule has 0 radical (unpaired) electrons. The highest BCUT2D eigenvalue weighted by atomic mass is 16.5. The quantitative estimate of drug-likeness (QED) is 0.787. The molecule has 2 rings (SSSR count). The van der Waals surface area contributed by atoms with Crippen LogP contribution in [0.1, 0.15) is 57.4 Å². The number of Topliss-reactive ketones (excluding diaryl/α,β-unsaturated/α-hetero) is 1. The normalized spacial score (nSPS) is 16.6. The molecule has 1 aromatic carbocycles. The SMILES string of the molecule is CC(C)c1ccc(OCC(=O)C2CCCCC2)cc1. The monoisotopic (exact) mass is 260 g/mol. The van der Waals surface area contributed by atoms with Crippen LogP contribution >= 0.6 is 0 Å². The minimum Gasteiger partial charge on any atom is -0.486 e. The van der Waals surface area contributed by atoms with Crippen LogP contribution in [0.4, 0.5) is 0 Å². The molecule has 0 spiro atoms. The predicted octanol–water partition coefficient (Wildman–Crippen LogP) is 4.34. The number of rotatable bonds is 5. The Morgan fingerprint density at radius 2 is 1.79 bits per heavy atom. The number of hydrogen-bond acceptors (Lipinski definition) is 2.